The Hall–Kier alpha value is -2.78. The predicted molar refractivity (Wildman–Crippen MR) is 175 cm³/mol. The Morgan fingerprint density at radius 3 is 1.42 bits per heavy atom. The van der Waals surface area contributed by atoms with E-state index in [1.807, 2.05) is 91.0 Å². The van der Waals surface area contributed by atoms with Crippen molar-refractivity contribution in [2.75, 3.05) is 41.7 Å². The molecule has 0 saturated carbocycles. The van der Waals surface area contributed by atoms with Gasteiger partial charge in [-0.1, -0.05) is 91.0 Å². The van der Waals surface area contributed by atoms with E-state index in [0.29, 0.717) is 0 Å². The highest BCUT2D eigenvalue weighted by molar-refractivity contribution is 5.15. The molecule has 3 aromatic rings. The average Bonchev–Trinajstić information content (AvgIpc) is 3.13. The number of ether oxygens (including phenoxy) is 10. The fraction of sp³-hybridized carbons (Fsp3) is 0.514. The highest BCUT2D eigenvalue weighted by Gasteiger charge is 2.51. The average molecular weight is 669 g/mol. The molecule has 2 aliphatic heterocycles. The summed E-state index contributed by atoms with van der Waals surface area (Å²) >= 11 is 0. The molecule has 2 heterocycles. The number of aliphatic hydroxyl groups excluding tert-OH is 1. The van der Waals surface area contributed by atoms with Gasteiger partial charge in [-0.15, -0.1) is 0 Å². The summed E-state index contributed by atoms with van der Waals surface area (Å²) in [6, 6.07) is 29.4. The van der Waals surface area contributed by atoms with Crippen molar-refractivity contribution in [3.8, 4) is 0 Å². The van der Waals surface area contributed by atoms with Gasteiger partial charge in [-0.2, -0.15) is 0 Å². The first-order valence-corrected chi connectivity index (χ1v) is 16.2. The number of rotatable bonds is 17. The summed E-state index contributed by atoms with van der Waals surface area (Å²) in [6.45, 7) is 1.02. The molecule has 5 rings (SSSR count). The Kier molecular flexibility index (Phi) is 14.3. The van der Waals surface area contributed by atoms with Crippen molar-refractivity contribution < 1.29 is 52.5 Å². The van der Waals surface area contributed by atoms with Crippen LogP contribution in [-0.2, 0) is 67.2 Å². The number of hydrogen-bond donors (Lipinski definition) is 1. The van der Waals surface area contributed by atoms with Crippen molar-refractivity contribution >= 4 is 0 Å². The highest BCUT2D eigenvalue weighted by atomic mass is 16.7. The second-order valence-electron chi connectivity index (χ2n) is 11.8. The van der Waals surface area contributed by atoms with E-state index in [1.54, 1.807) is 28.4 Å². The Balaban J connectivity index is 1.40. The first-order chi connectivity index (χ1) is 23.6. The molecular formula is C37H48O11. The molecule has 48 heavy (non-hydrogen) atoms. The van der Waals surface area contributed by atoms with Gasteiger partial charge < -0.3 is 52.5 Å². The molecule has 0 amide bonds. The predicted octanol–water partition coefficient (Wildman–Crippen LogP) is 3.89. The van der Waals surface area contributed by atoms with Gasteiger partial charge in [0.25, 0.3) is 0 Å². The van der Waals surface area contributed by atoms with E-state index in [0.717, 1.165) is 16.7 Å². The topological polar surface area (TPSA) is 113 Å². The van der Waals surface area contributed by atoms with Crippen LogP contribution in [0.1, 0.15) is 16.7 Å². The van der Waals surface area contributed by atoms with E-state index in [2.05, 4.69) is 0 Å². The maximum Gasteiger partial charge on any atom is 0.187 e. The Bertz CT molecular complexity index is 1300. The molecule has 10 atom stereocenters. The van der Waals surface area contributed by atoms with Gasteiger partial charge in [0, 0.05) is 28.4 Å². The van der Waals surface area contributed by atoms with Crippen LogP contribution in [0.4, 0.5) is 0 Å². The van der Waals surface area contributed by atoms with Crippen molar-refractivity contribution in [1.82, 2.24) is 0 Å². The first-order valence-electron chi connectivity index (χ1n) is 16.2. The quantitative estimate of drug-likeness (QED) is 0.226. The molecule has 2 saturated heterocycles. The largest absolute Gasteiger partial charge is 0.382 e. The highest BCUT2D eigenvalue weighted by Crippen LogP contribution is 2.32. The number of benzene rings is 3. The summed E-state index contributed by atoms with van der Waals surface area (Å²) < 4.78 is 61.1. The number of aliphatic hydroxyl groups is 1. The summed E-state index contributed by atoms with van der Waals surface area (Å²) in [7, 11) is 6.34. The van der Waals surface area contributed by atoms with E-state index in [-0.39, 0.29) is 33.0 Å². The summed E-state index contributed by atoms with van der Waals surface area (Å²) in [5.74, 6) is 0. The van der Waals surface area contributed by atoms with Crippen molar-refractivity contribution in [1.29, 1.82) is 0 Å². The smallest absolute Gasteiger partial charge is 0.187 e. The lowest BCUT2D eigenvalue weighted by Crippen LogP contribution is -2.63. The maximum absolute atomic E-state index is 11.4. The standard InChI is InChI=1S/C37H48O11/c1-39-23-28-30(40-2)32(41-3)35(42-4)37(48-28)46-24-29-31(43-20-25-14-8-5-9-15-25)33(44-21-26-16-10-6-11-17-26)34(36(38)47-29)45-22-27-18-12-7-13-19-27/h5-19,28-38H,20-24H2,1-4H3/t28-,29-,30+,31-,32+,33+,34-,35-,36+,37-/m1/s1. The van der Waals surface area contributed by atoms with Crippen molar-refractivity contribution in [2.24, 2.45) is 0 Å². The van der Waals surface area contributed by atoms with Gasteiger partial charge in [-0.3, -0.25) is 0 Å². The van der Waals surface area contributed by atoms with Crippen LogP contribution in [0.15, 0.2) is 91.0 Å². The van der Waals surface area contributed by atoms with Crippen LogP contribution in [0, 0.1) is 0 Å². The van der Waals surface area contributed by atoms with E-state index >= 15 is 0 Å². The monoisotopic (exact) mass is 668 g/mol. The minimum atomic E-state index is -1.34. The number of hydrogen-bond acceptors (Lipinski definition) is 11. The van der Waals surface area contributed by atoms with E-state index in [4.69, 9.17) is 47.4 Å². The molecule has 0 aliphatic carbocycles. The Labute approximate surface area is 282 Å². The van der Waals surface area contributed by atoms with Crippen LogP contribution in [0.3, 0.4) is 0 Å². The van der Waals surface area contributed by atoms with Gasteiger partial charge in [0.2, 0.25) is 0 Å². The zero-order valence-electron chi connectivity index (χ0n) is 28.0. The third-order valence-corrected chi connectivity index (χ3v) is 8.63. The molecule has 3 aromatic carbocycles. The summed E-state index contributed by atoms with van der Waals surface area (Å²) in [4.78, 5) is 0. The lowest BCUT2D eigenvalue weighted by atomic mass is 9.97. The van der Waals surface area contributed by atoms with E-state index in [1.165, 1.54) is 0 Å². The lowest BCUT2D eigenvalue weighted by molar-refractivity contribution is -0.342. The van der Waals surface area contributed by atoms with Gasteiger partial charge in [-0.05, 0) is 16.7 Å². The Morgan fingerprint density at radius 1 is 0.479 bits per heavy atom. The molecule has 0 unspecified atom stereocenters. The van der Waals surface area contributed by atoms with Gasteiger partial charge in [0.1, 0.15) is 48.8 Å². The SMILES string of the molecule is COC[C@H]1O[C@@H](OC[C@H]2O[C@H](O)[C@H](OCc3ccccc3)[C@@H](OCc3ccccc3)[C@@H]2OCc2ccccc2)[C@H](OC)[C@@H](OC)[C@H]1OC. The third kappa shape index (κ3) is 9.46. The van der Waals surface area contributed by atoms with Crippen LogP contribution in [0.25, 0.3) is 0 Å². The first kappa shape index (κ1) is 36.5. The molecule has 1 N–H and O–H groups in total. The van der Waals surface area contributed by atoms with Crippen molar-refractivity contribution in [2.45, 2.75) is 81.2 Å². The molecule has 2 aliphatic rings. The van der Waals surface area contributed by atoms with E-state index < -0.39 is 61.4 Å². The van der Waals surface area contributed by atoms with Crippen LogP contribution < -0.4 is 0 Å². The van der Waals surface area contributed by atoms with E-state index in [9.17, 15) is 5.11 Å². The maximum atomic E-state index is 11.4. The summed E-state index contributed by atoms with van der Waals surface area (Å²) in [5.41, 5.74) is 2.89. The molecule has 0 spiro atoms. The van der Waals surface area contributed by atoms with Gasteiger partial charge in [-0.25, -0.2) is 0 Å². The van der Waals surface area contributed by atoms with Crippen LogP contribution in [-0.4, -0.2) is 108 Å². The van der Waals surface area contributed by atoms with Gasteiger partial charge in [0.15, 0.2) is 12.6 Å². The minimum Gasteiger partial charge on any atom is -0.382 e. The summed E-state index contributed by atoms with van der Waals surface area (Å²) in [5, 5.41) is 11.4. The van der Waals surface area contributed by atoms with Gasteiger partial charge >= 0.3 is 0 Å². The van der Waals surface area contributed by atoms with Crippen LogP contribution in [0.2, 0.25) is 0 Å². The molecule has 2 fully saturated rings. The van der Waals surface area contributed by atoms with Crippen LogP contribution >= 0.6 is 0 Å². The zero-order valence-corrected chi connectivity index (χ0v) is 28.0. The molecule has 11 heteroatoms. The third-order valence-electron chi connectivity index (χ3n) is 8.63. The lowest BCUT2D eigenvalue weighted by Gasteiger charge is -2.46. The fourth-order valence-electron chi connectivity index (χ4n) is 6.20. The normalized spacial score (nSPS) is 30.7. The molecule has 262 valence electrons. The van der Waals surface area contributed by atoms with Gasteiger partial charge in [0.05, 0.1) is 33.0 Å². The second-order valence-corrected chi connectivity index (χ2v) is 11.8. The molecule has 11 nitrogen and oxygen atoms in total. The molecule has 0 aromatic heterocycles. The zero-order chi connectivity index (χ0) is 33.7. The Morgan fingerprint density at radius 2 is 0.938 bits per heavy atom. The second kappa shape index (κ2) is 18.8. The molecular weight excluding hydrogens is 620 g/mol. The molecule has 0 radical (unpaired) electrons. The minimum absolute atomic E-state index is 0.0224. The van der Waals surface area contributed by atoms with Crippen molar-refractivity contribution in [3.05, 3.63) is 108 Å². The molecule has 0 bridgehead atoms. The van der Waals surface area contributed by atoms with Crippen LogP contribution in [0.5, 0.6) is 0 Å². The van der Waals surface area contributed by atoms with Crippen molar-refractivity contribution in [3.63, 3.8) is 0 Å². The fourth-order valence-corrected chi connectivity index (χ4v) is 6.20. The summed E-state index contributed by atoms with van der Waals surface area (Å²) in [6.07, 6.45) is -7.34. The number of methoxy groups -OCH3 is 4.